The molecule has 1 N–H and O–H groups in total. The number of aromatic nitrogens is 1. The van der Waals surface area contributed by atoms with Crippen LogP contribution in [0.15, 0.2) is 0 Å². The zero-order valence-corrected chi connectivity index (χ0v) is 14.6. The monoisotopic (exact) mass is 299 g/mol. The summed E-state index contributed by atoms with van der Waals surface area (Å²) in [5.41, 5.74) is 1.30. The number of anilines is 1. The van der Waals surface area contributed by atoms with Crippen molar-refractivity contribution in [1.29, 1.82) is 0 Å². The zero-order chi connectivity index (χ0) is 15.2. The minimum Gasteiger partial charge on any atom is -0.383 e. The molecule has 1 aromatic rings. The van der Waals surface area contributed by atoms with Gasteiger partial charge in [-0.2, -0.15) is 0 Å². The average Bonchev–Trinajstić information content (AvgIpc) is 2.79. The van der Waals surface area contributed by atoms with Crippen molar-refractivity contribution in [3.05, 3.63) is 10.6 Å². The van der Waals surface area contributed by atoms with Crippen molar-refractivity contribution < 1.29 is 4.74 Å². The van der Waals surface area contributed by atoms with E-state index in [0.29, 0.717) is 0 Å². The van der Waals surface area contributed by atoms with Crippen molar-refractivity contribution in [3.63, 3.8) is 0 Å². The smallest absolute Gasteiger partial charge is 0.185 e. The molecule has 116 valence electrons. The number of ether oxygens (including phenoxy) is 1. The van der Waals surface area contributed by atoms with Gasteiger partial charge < -0.3 is 15.0 Å². The number of nitrogens with one attached hydrogen (secondary N) is 1. The summed E-state index contributed by atoms with van der Waals surface area (Å²) in [4.78, 5) is 8.46. The number of rotatable bonds is 8. The number of thiazole rings is 1. The van der Waals surface area contributed by atoms with Crippen LogP contribution in [0, 0.1) is 0 Å². The van der Waals surface area contributed by atoms with E-state index >= 15 is 0 Å². The molecule has 0 saturated heterocycles. The molecule has 0 aliphatic rings. The molecule has 0 amide bonds. The molecule has 0 spiro atoms. The lowest BCUT2D eigenvalue weighted by Gasteiger charge is -2.18. The quantitative estimate of drug-likeness (QED) is 0.749. The van der Waals surface area contributed by atoms with Gasteiger partial charge in [0.25, 0.3) is 0 Å². The minimum absolute atomic E-state index is 0.0834. The molecule has 4 nitrogen and oxygen atoms in total. The molecule has 1 aromatic heterocycles. The molecular formula is C15H29N3OS. The molecule has 1 heterocycles. The number of nitrogens with zero attached hydrogens (tertiary/aromatic N) is 2. The Kier molecular flexibility index (Phi) is 6.92. The molecule has 20 heavy (non-hydrogen) atoms. The molecule has 0 aliphatic carbocycles. The van der Waals surface area contributed by atoms with Crippen molar-refractivity contribution in [3.8, 4) is 0 Å². The van der Waals surface area contributed by atoms with Crippen molar-refractivity contribution in [2.45, 2.75) is 46.1 Å². The van der Waals surface area contributed by atoms with Gasteiger partial charge in [0.1, 0.15) is 0 Å². The van der Waals surface area contributed by atoms with Gasteiger partial charge in [-0.25, -0.2) is 4.98 Å². The highest BCUT2D eigenvalue weighted by atomic mass is 32.1. The largest absolute Gasteiger partial charge is 0.383 e. The fourth-order valence-electron chi connectivity index (χ4n) is 2.02. The predicted octanol–water partition coefficient (Wildman–Crippen LogP) is 3.02. The maximum atomic E-state index is 5.07. The van der Waals surface area contributed by atoms with Crippen LogP contribution in [0.4, 0.5) is 5.13 Å². The maximum Gasteiger partial charge on any atom is 0.185 e. The van der Waals surface area contributed by atoms with E-state index in [1.54, 1.807) is 18.4 Å². The summed E-state index contributed by atoms with van der Waals surface area (Å²) in [5, 5.41) is 4.55. The van der Waals surface area contributed by atoms with Crippen molar-refractivity contribution >= 4 is 16.5 Å². The fourth-order valence-corrected chi connectivity index (χ4v) is 3.24. The molecular weight excluding hydrogens is 270 g/mol. The lowest BCUT2D eigenvalue weighted by atomic mass is 9.91. The first-order valence-corrected chi connectivity index (χ1v) is 8.12. The summed E-state index contributed by atoms with van der Waals surface area (Å²) >= 11 is 1.80. The summed E-state index contributed by atoms with van der Waals surface area (Å²) in [6.45, 7) is 12.4. The van der Waals surface area contributed by atoms with Crippen molar-refractivity contribution in [2.24, 2.45) is 0 Å². The second-order valence-corrected chi connectivity index (χ2v) is 7.17. The third-order valence-corrected chi connectivity index (χ3v) is 4.22. The molecule has 0 saturated carbocycles. The summed E-state index contributed by atoms with van der Waals surface area (Å²) in [5.74, 6) is 0. The second-order valence-electron chi connectivity index (χ2n) is 6.11. The van der Waals surface area contributed by atoms with E-state index in [1.165, 1.54) is 10.6 Å². The fraction of sp³-hybridized carbons (Fsp3) is 0.800. The second kappa shape index (κ2) is 7.96. The van der Waals surface area contributed by atoms with Crippen molar-refractivity contribution in [1.82, 2.24) is 10.3 Å². The minimum atomic E-state index is 0.0834. The van der Waals surface area contributed by atoms with Gasteiger partial charge in [0.2, 0.25) is 0 Å². The van der Waals surface area contributed by atoms with Crippen molar-refractivity contribution in [2.75, 3.05) is 38.8 Å². The predicted molar refractivity (Wildman–Crippen MR) is 88.0 cm³/mol. The van der Waals surface area contributed by atoms with Crippen LogP contribution in [-0.4, -0.2) is 38.8 Å². The van der Waals surface area contributed by atoms with E-state index < -0.39 is 0 Å². The first kappa shape index (κ1) is 17.4. The van der Waals surface area contributed by atoms with Gasteiger partial charge in [-0.15, -0.1) is 11.3 Å². The van der Waals surface area contributed by atoms with E-state index in [4.69, 9.17) is 9.72 Å². The molecule has 0 radical (unpaired) electrons. The van der Waals surface area contributed by atoms with Crippen LogP contribution < -0.4 is 10.2 Å². The summed E-state index contributed by atoms with van der Waals surface area (Å²) in [7, 11) is 3.85. The van der Waals surface area contributed by atoms with Crippen LogP contribution in [0.25, 0.3) is 0 Å². The zero-order valence-electron chi connectivity index (χ0n) is 13.7. The standard InChI is InChI=1S/C15H29N3OS/c1-7-9-18(5)14-17-13(15(2,3)4)12(20-14)11-16-8-10-19-6/h16H,7-11H2,1-6H3. The SMILES string of the molecule is CCCN(C)c1nc(C(C)(C)C)c(CNCCOC)s1. The van der Waals surface area contributed by atoms with Gasteiger partial charge in [-0.1, -0.05) is 27.7 Å². The Hall–Kier alpha value is -0.650. The molecule has 5 heteroatoms. The molecule has 0 bridgehead atoms. The van der Waals surface area contributed by atoms with Crippen LogP contribution in [0.3, 0.4) is 0 Å². The van der Waals surface area contributed by atoms with Crippen LogP contribution in [0.5, 0.6) is 0 Å². The Bertz CT molecular complexity index is 398. The molecule has 0 aliphatic heterocycles. The maximum absolute atomic E-state index is 5.07. The van der Waals surface area contributed by atoms with E-state index in [1.807, 2.05) is 0 Å². The lowest BCUT2D eigenvalue weighted by Crippen LogP contribution is -2.21. The Morgan fingerprint density at radius 1 is 1.35 bits per heavy atom. The Labute approximate surface area is 127 Å². The topological polar surface area (TPSA) is 37.4 Å². The number of hydrogen-bond donors (Lipinski definition) is 1. The van der Waals surface area contributed by atoms with E-state index in [-0.39, 0.29) is 5.41 Å². The highest BCUT2D eigenvalue weighted by Gasteiger charge is 2.23. The molecule has 0 atom stereocenters. The third kappa shape index (κ3) is 5.04. The van der Waals surface area contributed by atoms with E-state index in [0.717, 1.165) is 37.8 Å². The molecule has 1 rings (SSSR count). The average molecular weight is 299 g/mol. The third-order valence-electron chi connectivity index (χ3n) is 3.05. The highest BCUT2D eigenvalue weighted by Crippen LogP contribution is 2.33. The highest BCUT2D eigenvalue weighted by molar-refractivity contribution is 7.15. The van der Waals surface area contributed by atoms with Crippen LogP contribution in [0.1, 0.15) is 44.7 Å². The lowest BCUT2D eigenvalue weighted by molar-refractivity contribution is 0.199. The summed E-state index contributed by atoms with van der Waals surface area (Å²) in [6.07, 6.45) is 1.14. The van der Waals surface area contributed by atoms with Gasteiger partial charge in [-0.3, -0.25) is 0 Å². The Morgan fingerprint density at radius 2 is 2.05 bits per heavy atom. The van der Waals surface area contributed by atoms with Gasteiger partial charge >= 0.3 is 0 Å². The molecule has 0 fully saturated rings. The molecule has 0 unspecified atom stereocenters. The normalized spacial score (nSPS) is 11.9. The first-order chi connectivity index (χ1) is 9.40. The van der Waals surface area contributed by atoms with Crippen LogP contribution >= 0.6 is 11.3 Å². The van der Waals surface area contributed by atoms with Gasteiger partial charge in [0, 0.05) is 44.1 Å². The van der Waals surface area contributed by atoms with Crippen LogP contribution in [-0.2, 0) is 16.7 Å². The Morgan fingerprint density at radius 3 is 2.60 bits per heavy atom. The summed E-state index contributed by atoms with van der Waals surface area (Å²) < 4.78 is 5.07. The van der Waals surface area contributed by atoms with Gasteiger partial charge in [-0.05, 0) is 6.42 Å². The molecule has 0 aromatic carbocycles. The van der Waals surface area contributed by atoms with E-state index in [9.17, 15) is 0 Å². The van der Waals surface area contributed by atoms with E-state index in [2.05, 4.69) is 45.0 Å². The van der Waals surface area contributed by atoms with Gasteiger partial charge in [0.15, 0.2) is 5.13 Å². The van der Waals surface area contributed by atoms with Gasteiger partial charge in [0.05, 0.1) is 12.3 Å². The number of hydrogen-bond acceptors (Lipinski definition) is 5. The number of methoxy groups -OCH3 is 1. The summed E-state index contributed by atoms with van der Waals surface area (Å²) in [6, 6.07) is 0. The van der Waals surface area contributed by atoms with Crippen LogP contribution in [0.2, 0.25) is 0 Å². The first-order valence-electron chi connectivity index (χ1n) is 7.31. The Balaban J connectivity index is 2.84.